The molecule has 0 aliphatic rings. The zero-order valence-corrected chi connectivity index (χ0v) is 11.6. The summed E-state index contributed by atoms with van der Waals surface area (Å²) in [4.78, 5) is 21.5. The topological polar surface area (TPSA) is 105 Å². The zero-order valence-electron chi connectivity index (χ0n) is 10.8. The van der Waals surface area contributed by atoms with Gasteiger partial charge in [-0.05, 0) is 12.1 Å². The number of ether oxygens (including phenoxy) is 1. The van der Waals surface area contributed by atoms with Crippen LogP contribution in [0.2, 0.25) is 0 Å². The Morgan fingerprint density at radius 1 is 1.35 bits per heavy atom. The first-order chi connectivity index (χ1) is 9.63. The van der Waals surface area contributed by atoms with E-state index < -0.39 is 6.03 Å². The van der Waals surface area contributed by atoms with Crippen molar-refractivity contribution in [2.24, 2.45) is 5.73 Å². The van der Waals surface area contributed by atoms with Crippen molar-refractivity contribution in [3.8, 4) is 11.8 Å². The number of nitriles is 1. The summed E-state index contributed by atoms with van der Waals surface area (Å²) in [5, 5.41) is 10.9. The smallest absolute Gasteiger partial charge is 0.318 e. The maximum atomic E-state index is 11.1. The van der Waals surface area contributed by atoms with Crippen LogP contribution in [0.15, 0.2) is 24.3 Å². The van der Waals surface area contributed by atoms with Crippen molar-refractivity contribution in [3.63, 3.8) is 0 Å². The van der Waals surface area contributed by atoms with E-state index >= 15 is 0 Å². The summed E-state index contributed by atoms with van der Waals surface area (Å²) in [5.41, 5.74) is 5.31. The van der Waals surface area contributed by atoms with Crippen molar-refractivity contribution >= 4 is 23.7 Å². The first-order valence-electron chi connectivity index (χ1n) is 5.92. The SMILES string of the molecule is N#Cc1ccccc1OCCSCCC(=O)NC(N)=O. The second-order valence-corrected chi connectivity index (χ2v) is 4.96. The molecule has 0 fully saturated rings. The monoisotopic (exact) mass is 293 g/mol. The molecule has 3 N–H and O–H groups in total. The zero-order chi connectivity index (χ0) is 14.8. The van der Waals surface area contributed by atoms with Crippen LogP contribution < -0.4 is 15.8 Å². The van der Waals surface area contributed by atoms with Crippen molar-refractivity contribution in [3.05, 3.63) is 29.8 Å². The Morgan fingerprint density at radius 3 is 2.80 bits per heavy atom. The number of nitrogens with two attached hydrogens (primary N) is 1. The van der Waals surface area contributed by atoms with Gasteiger partial charge in [-0.3, -0.25) is 10.1 Å². The predicted octanol–water partition coefficient (Wildman–Crippen LogP) is 1.26. The Morgan fingerprint density at radius 2 is 2.10 bits per heavy atom. The van der Waals surface area contributed by atoms with Gasteiger partial charge in [0, 0.05) is 17.9 Å². The number of imide groups is 1. The highest BCUT2D eigenvalue weighted by Gasteiger charge is 2.04. The first kappa shape index (κ1) is 15.9. The third kappa shape index (κ3) is 6.11. The van der Waals surface area contributed by atoms with E-state index in [9.17, 15) is 9.59 Å². The minimum absolute atomic E-state index is 0.225. The minimum Gasteiger partial charge on any atom is -0.491 e. The van der Waals surface area contributed by atoms with Gasteiger partial charge in [-0.1, -0.05) is 12.1 Å². The number of thioether (sulfide) groups is 1. The molecular weight excluding hydrogens is 278 g/mol. The lowest BCUT2D eigenvalue weighted by Crippen LogP contribution is -2.35. The van der Waals surface area contributed by atoms with Crippen LogP contribution in [0, 0.1) is 11.3 Å². The van der Waals surface area contributed by atoms with E-state index in [1.165, 1.54) is 11.8 Å². The van der Waals surface area contributed by atoms with Gasteiger partial charge in [0.05, 0.1) is 12.2 Å². The number of hydrogen-bond donors (Lipinski definition) is 2. The molecule has 0 heterocycles. The molecule has 0 bridgehead atoms. The lowest BCUT2D eigenvalue weighted by Gasteiger charge is -2.07. The van der Waals surface area contributed by atoms with E-state index in [1.807, 2.05) is 5.32 Å². The van der Waals surface area contributed by atoms with Gasteiger partial charge in [0.25, 0.3) is 0 Å². The van der Waals surface area contributed by atoms with Crippen LogP contribution in [0.5, 0.6) is 5.75 Å². The molecule has 0 radical (unpaired) electrons. The van der Waals surface area contributed by atoms with Crippen LogP contribution in [0.1, 0.15) is 12.0 Å². The van der Waals surface area contributed by atoms with Crippen molar-refractivity contribution in [2.45, 2.75) is 6.42 Å². The summed E-state index contributed by atoms with van der Waals surface area (Å²) in [6.07, 6.45) is 0.225. The highest BCUT2D eigenvalue weighted by molar-refractivity contribution is 7.99. The number of urea groups is 1. The molecule has 0 aliphatic carbocycles. The van der Waals surface area contributed by atoms with Gasteiger partial charge in [0.15, 0.2) is 0 Å². The standard InChI is InChI=1S/C13H15N3O3S/c14-9-10-3-1-2-4-11(10)19-6-8-20-7-5-12(17)16-13(15)18/h1-4H,5-8H2,(H3,15,16,17,18). The molecule has 7 heteroatoms. The average molecular weight is 293 g/mol. The second-order valence-electron chi connectivity index (χ2n) is 3.73. The fraction of sp³-hybridized carbons (Fsp3) is 0.308. The molecule has 6 nitrogen and oxygen atoms in total. The fourth-order valence-electron chi connectivity index (χ4n) is 1.36. The van der Waals surface area contributed by atoms with Gasteiger partial charge in [-0.2, -0.15) is 17.0 Å². The summed E-state index contributed by atoms with van der Waals surface area (Å²) in [6, 6.07) is 8.22. The number of benzene rings is 1. The molecule has 0 aromatic heterocycles. The molecule has 1 rings (SSSR count). The molecule has 0 aliphatic heterocycles. The third-order valence-electron chi connectivity index (χ3n) is 2.23. The van der Waals surface area contributed by atoms with E-state index in [1.54, 1.807) is 24.3 Å². The molecule has 106 valence electrons. The van der Waals surface area contributed by atoms with E-state index in [4.69, 9.17) is 15.7 Å². The largest absolute Gasteiger partial charge is 0.491 e. The van der Waals surface area contributed by atoms with Gasteiger partial charge in [0.1, 0.15) is 11.8 Å². The predicted molar refractivity (Wildman–Crippen MR) is 76.3 cm³/mol. The molecule has 20 heavy (non-hydrogen) atoms. The summed E-state index contributed by atoms with van der Waals surface area (Å²) in [6.45, 7) is 0.445. The van der Waals surface area contributed by atoms with Crippen molar-refractivity contribution in [2.75, 3.05) is 18.1 Å². The molecule has 1 aromatic rings. The summed E-state index contributed by atoms with van der Waals surface area (Å²) >= 11 is 1.52. The normalized spacial score (nSPS) is 9.55. The molecule has 0 saturated carbocycles. The maximum absolute atomic E-state index is 11.1. The number of carbonyl (C=O) groups is 2. The Balaban J connectivity index is 2.15. The maximum Gasteiger partial charge on any atom is 0.318 e. The number of carbonyl (C=O) groups excluding carboxylic acids is 2. The summed E-state index contributed by atoms with van der Waals surface area (Å²) in [7, 11) is 0. The highest BCUT2D eigenvalue weighted by Crippen LogP contribution is 2.16. The number of amides is 3. The number of rotatable bonds is 7. The van der Waals surface area contributed by atoms with Gasteiger partial charge < -0.3 is 10.5 Å². The Bertz CT molecular complexity index is 514. The van der Waals surface area contributed by atoms with Gasteiger partial charge in [-0.15, -0.1) is 0 Å². The van der Waals surface area contributed by atoms with Crippen LogP contribution in [0.3, 0.4) is 0 Å². The van der Waals surface area contributed by atoms with Crippen LogP contribution >= 0.6 is 11.8 Å². The van der Waals surface area contributed by atoms with E-state index in [0.717, 1.165) is 0 Å². The van der Waals surface area contributed by atoms with Crippen molar-refractivity contribution in [1.82, 2.24) is 5.32 Å². The highest BCUT2D eigenvalue weighted by atomic mass is 32.2. The first-order valence-corrected chi connectivity index (χ1v) is 7.08. The van der Waals surface area contributed by atoms with Crippen LogP contribution in [-0.4, -0.2) is 30.1 Å². The molecule has 0 unspecified atom stereocenters. The summed E-state index contributed by atoms with van der Waals surface area (Å²) < 4.78 is 5.48. The Kier molecular flexibility index (Phi) is 7.00. The van der Waals surface area contributed by atoms with E-state index in [0.29, 0.717) is 29.4 Å². The molecule has 0 saturated heterocycles. The number of para-hydroxylation sites is 1. The molecule has 0 atom stereocenters. The molecule has 1 aromatic carbocycles. The number of nitrogens with one attached hydrogen (secondary N) is 1. The quantitative estimate of drug-likeness (QED) is 0.736. The van der Waals surface area contributed by atoms with Gasteiger partial charge in [0.2, 0.25) is 5.91 Å². The van der Waals surface area contributed by atoms with Crippen LogP contribution in [-0.2, 0) is 4.79 Å². The average Bonchev–Trinajstić information content (AvgIpc) is 2.42. The van der Waals surface area contributed by atoms with Crippen LogP contribution in [0.25, 0.3) is 0 Å². The fourth-order valence-corrected chi connectivity index (χ4v) is 2.10. The minimum atomic E-state index is -0.837. The number of hydrogen-bond acceptors (Lipinski definition) is 5. The van der Waals surface area contributed by atoms with Gasteiger partial charge >= 0.3 is 6.03 Å². The lowest BCUT2D eigenvalue weighted by atomic mass is 10.2. The Labute approximate surface area is 121 Å². The molecule has 3 amide bonds. The molecular formula is C13H15N3O3S. The Hall–Kier alpha value is -2.20. The number of primary amides is 1. The summed E-state index contributed by atoms with van der Waals surface area (Å²) in [5.74, 6) is 1.43. The third-order valence-corrected chi connectivity index (χ3v) is 3.18. The lowest BCUT2D eigenvalue weighted by molar-refractivity contribution is -0.119. The van der Waals surface area contributed by atoms with Crippen molar-refractivity contribution < 1.29 is 14.3 Å². The van der Waals surface area contributed by atoms with Crippen LogP contribution in [0.4, 0.5) is 4.79 Å². The van der Waals surface area contributed by atoms with Gasteiger partial charge in [-0.25, -0.2) is 4.79 Å². The van der Waals surface area contributed by atoms with Crippen molar-refractivity contribution in [1.29, 1.82) is 5.26 Å². The second kappa shape index (κ2) is 8.82. The number of nitrogens with zero attached hydrogens (tertiary/aromatic N) is 1. The van der Waals surface area contributed by atoms with E-state index in [2.05, 4.69) is 6.07 Å². The van der Waals surface area contributed by atoms with E-state index in [-0.39, 0.29) is 12.3 Å². The molecule has 0 spiro atoms.